The topological polar surface area (TPSA) is 122 Å². The summed E-state index contributed by atoms with van der Waals surface area (Å²) >= 11 is 1.02. The number of rotatable bonds is 6. The molecule has 0 aliphatic carbocycles. The Kier molecular flexibility index (Phi) is 5.59. The van der Waals surface area contributed by atoms with E-state index in [1.807, 2.05) is 18.2 Å². The molecule has 0 saturated heterocycles. The van der Waals surface area contributed by atoms with Gasteiger partial charge in [-0.1, -0.05) is 24.3 Å². The third-order valence-corrected chi connectivity index (χ3v) is 5.11. The maximum Gasteiger partial charge on any atom is 0.442 e. The molecule has 1 unspecified atom stereocenters. The van der Waals surface area contributed by atoms with Gasteiger partial charge in [0.05, 0.1) is 15.9 Å². The van der Waals surface area contributed by atoms with E-state index in [2.05, 4.69) is 10.6 Å². The fourth-order valence-electron chi connectivity index (χ4n) is 2.42. The summed E-state index contributed by atoms with van der Waals surface area (Å²) in [6.45, 7) is 3.37. The van der Waals surface area contributed by atoms with Crippen molar-refractivity contribution in [3.05, 3.63) is 74.6 Å². The van der Waals surface area contributed by atoms with Gasteiger partial charge in [0.15, 0.2) is 0 Å². The number of hydrogen-bond donors (Lipinski definition) is 2. The minimum Gasteiger partial charge on any atom is -0.325 e. The molecule has 1 atom stereocenters. The first kappa shape index (κ1) is 19.4. The molecule has 0 aliphatic rings. The lowest BCUT2D eigenvalue weighted by Gasteiger charge is -2.11. The number of carbonyl (C=O) groups excluding carboxylic acids is 1. The fourth-order valence-corrected chi connectivity index (χ4v) is 3.31. The average molecular weight is 401 g/mol. The van der Waals surface area contributed by atoms with Gasteiger partial charge >= 0.3 is 10.7 Å². The van der Waals surface area contributed by atoms with Crippen LogP contribution in [-0.4, -0.2) is 21.4 Å². The van der Waals surface area contributed by atoms with Crippen molar-refractivity contribution in [2.24, 2.45) is 0 Å². The number of para-hydroxylation sites is 1. The number of nitro groups is 1. The number of aromatic nitrogens is 2. The Morgan fingerprint density at radius 2 is 2.00 bits per heavy atom. The predicted octanol–water partition coefficient (Wildman–Crippen LogP) is 2.58. The molecule has 1 amide bonds. The molecule has 1 heterocycles. The molecule has 0 fully saturated rings. The summed E-state index contributed by atoms with van der Waals surface area (Å²) in [4.78, 5) is 35.1. The highest BCUT2D eigenvalue weighted by Gasteiger charge is 2.29. The first-order valence-corrected chi connectivity index (χ1v) is 9.16. The third kappa shape index (κ3) is 4.12. The van der Waals surface area contributed by atoms with Gasteiger partial charge in [-0.15, -0.1) is 0 Å². The van der Waals surface area contributed by atoms with Gasteiger partial charge in [-0.3, -0.25) is 19.4 Å². The number of amides is 1. The van der Waals surface area contributed by atoms with Crippen molar-refractivity contribution in [3.8, 4) is 5.69 Å². The number of anilines is 1. The highest BCUT2D eigenvalue weighted by Crippen LogP contribution is 2.24. The maximum atomic E-state index is 12.6. The summed E-state index contributed by atoms with van der Waals surface area (Å²) in [7, 11) is 0. The van der Waals surface area contributed by atoms with E-state index in [0.29, 0.717) is 16.9 Å². The second-order valence-electron chi connectivity index (χ2n) is 5.96. The molecular formula is C18H17N4O5S+. The molecule has 28 heavy (non-hydrogen) atoms. The van der Waals surface area contributed by atoms with E-state index in [0.717, 1.165) is 11.8 Å². The van der Waals surface area contributed by atoms with Crippen LogP contribution in [0, 0.1) is 17.0 Å². The zero-order valence-corrected chi connectivity index (χ0v) is 15.9. The van der Waals surface area contributed by atoms with Crippen LogP contribution in [-0.2, 0) is 4.79 Å². The second-order valence-corrected chi connectivity index (χ2v) is 7.29. The van der Waals surface area contributed by atoms with Crippen LogP contribution in [0.3, 0.4) is 0 Å². The number of hydrogen-bond acceptors (Lipinski definition) is 6. The molecule has 10 heteroatoms. The molecular weight excluding hydrogens is 384 g/mol. The van der Waals surface area contributed by atoms with Crippen molar-refractivity contribution in [2.75, 3.05) is 5.32 Å². The van der Waals surface area contributed by atoms with Crippen LogP contribution in [0.2, 0.25) is 0 Å². The molecule has 2 N–H and O–H groups in total. The Labute approximate surface area is 163 Å². The van der Waals surface area contributed by atoms with Crippen LogP contribution in [0.25, 0.3) is 5.69 Å². The number of nitro benzene ring substituents is 1. The van der Waals surface area contributed by atoms with Crippen molar-refractivity contribution in [1.82, 2.24) is 5.27 Å². The number of thioether (sulfide) groups is 1. The smallest absolute Gasteiger partial charge is 0.325 e. The number of nitrogens with one attached hydrogen (secondary N) is 2. The largest absolute Gasteiger partial charge is 0.442 e. The van der Waals surface area contributed by atoms with E-state index in [1.54, 1.807) is 32.0 Å². The van der Waals surface area contributed by atoms with Gasteiger partial charge in [0.2, 0.25) is 11.6 Å². The van der Waals surface area contributed by atoms with Crippen molar-refractivity contribution < 1.29 is 18.9 Å². The summed E-state index contributed by atoms with van der Waals surface area (Å²) in [6.07, 6.45) is 0. The van der Waals surface area contributed by atoms with Crippen LogP contribution in [0.1, 0.15) is 12.5 Å². The minimum atomic E-state index is -0.660. The van der Waals surface area contributed by atoms with E-state index >= 15 is 0 Å². The van der Waals surface area contributed by atoms with Crippen LogP contribution >= 0.6 is 11.8 Å². The van der Waals surface area contributed by atoms with Gasteiger partial charge < -0.3 is 5.32 Å². The number of non-ortho nitro benzene ring substituents is 1. The summed E-state index contributed by atoms with van der Waals surface area (Å²) in [6, 6.07) is 13.3. The lowest BCUT2D eigenvalue weighted by molar-refractivity contribution is -0.704. The van der Waals surface area contributed by atoms with Gasteiger partial charge in [0.1, 0.15) is 0 Å². The highest BCUT2D eigenvalue weighted by atomic mass is 32.2. The summed E-state index contributed by atoms with van der Waals surface area (Å²) in [5.41, 5.74) is 1.01. The number of carbonyl (C=O) groups is 1. The summed E-state index contributed by atoms with van der Waals surface area (Å²) < 4.78 is 6.32. The van der Waals surface area contributed by atoms with Gasteiger partial charge in [0, 0.05) is 24.3 Å². The zero-order valence-electron chi connectivity index (χ0n) is 15.0. The fraction of sp³-hybridized carbons (Fsp3) is 0.167. The predicted molar refractivity (Wildman–Crippen MR) is 103 cm³/mol. The normalized spacial score (nSPS) is 11.8. The Bertz CT molecular complexity index is 1080. The van der Waals surface area contributed by atoms with E-state index in [9.17, 15) is 19.7 Å². The third-order valence-electron chi connectivity index (χ3n) is 3.97. The molecule has 2 aromatic carbocycles. The van der Waals surface area contributed by atoms with Gasteiger partial charge in [0.25, 0.3) is 5.69 Å². The number of aryl methyl sites for hydroxylation is 1. The highest BCUT2D eigenvalue weighted by molar-refractivity contribution is 8.00. The molecule has 144 valence electrons. The number of benzene rings is 2. The van der Waals surface area contributed by atoms with Crippen LogP contribution in [0.5, 0.6) is 0 Å². The average Bonchev–Trinajstić information content (AvgIpc) is 3.04. The number of nitrogens with zero attached hydrogens (tertiary/aromatic N) is 2. The van der Waals surface area contributed by atoms with Crippen LogP contribution < -0.4 is 15.6 Å². The van der Waals surface area contributed by atoms with Crippen molar-refractivity contribution in [2.45, 2.75) is 24.1 Å². The standard InChI is InChI=1S/C18H16N4O5S/c1-11-8-9-14(22(25)26)10-15(11)19-16(23)12(2)28-17-18(24)27-20-21(17)13-6-4-3-5-7-13/h3-10,12H,1-2H3,(H-,19,20,23,24)/p+1. The van der Waals surface area contributed by atoms with Crippen molar-refractivity contribution >= 4 is 29.0 Å². The first-order chi connectivity index (χ1) is 13.4. The molecule has 3 aromatic rings. The molecule has 1 aromatic heterocycles. The Morgan fingerprint density at radius 3 is 2.68 bits per heavy atom. The first-order valence-electron chi connectivity index (χ1n) is 8.28. The maximum absolute atomic E-state index is 12.6. The van der Waals surface area contributed by atoms with Crippen molar-refractivity contribution in [3.63, 3.8) is 0 Å². The minimum absolute atomic E-state index is 0.116. The second kappa shape index (κ2) is 8.09. The molecule has 0 spiro atoms. The van der Waals surface area contributed by atoms with Gasteiger partial charge in [-0.2, -0.15) is 0 Å². The Hall–Kier alpha value is -3.40. The summed E-state index contributed by atoms with van der Waals surface area (Å²) in [5, 5.41) is 15.7. The monoisotopic (exact) mass is 401 g/mol. The molecule has 3 rings (SSSR count). The van der Waals surface area contributed by atoms with Gasteiger partial charge in [-0.05, 0) is 41.1 Å². The number of aromatic amines is 1. The lowest BCUT2D eigenvalue weighted by atomic mass is 10.2. The lowest BCUT2D eigenvalue weighted by Crippen LogP contribution is -2.37. The SMILES string of the molecule is Cc1ccc([N+](=O)[O-])cc1NC(=O)C(C)Sc1c(=O)o[nH][n+]1-c1ccccc1. The van der Waals surface area contributed by atoms with E-state index in [4.69, 9.17) is 4.52 Å². The molecule has 0 bridgehead atoms. The quantitative estimate of drug-likeness (QED) is 0.283. The Morgan fingerprint density at radius 1 is 1.29 bits per heavy atom. The molecule has 9 nitrogen and oxygen atoms in total. The van der Waals surface area contributed by atoms with E-state index < -0.39 is 21.7 Å². The number of H-pyrrole nitrogens is 1. The Balaban J connectivity index is 1.79. The van der Waals surface area contributed by atoms with Crippen molar-refractivity contribution in [1.29, 1.82) is 0 Å². The van der Waals surface area contributed by atoms with E-state index in [1.165, 1.54) is 16.8 Å². The molecule has 0 saturated carbocycles. The van der Waals surface area contributed by atoms with Gasteiger partial charge in [-0.25, -0.2) is 4.79 Å². The summed E-state index contributed by atoms with van der Waals surface area (Å²) in [5.74, 6) is -0.395. The molecule has 0 radical (unpaired) electrons. The van der Waals surface area contributed by atoms with E-state index in [-0.39, 0.29) is 10.7 Å². The molecule has 0 aliphatic heterocycles. The van der Waals surface area contributed by atoms with Crippen LogP contribution in [0.4, 0.5) is 11.4 Å². The van der Waals surface area contributed by atoms with Crippen LogP contribution in [0.15, 0.2) is 62.9 Å². The zero-order chi connectivity index (χ0) is 20.3.